The first-order chi connectivity index (χ1) is 0. The Morgan fingerprint density at radius 1 is 0.667 bits per heavy atom. The molecule has 0 spiro atoms. The maximum atomic E-state index is 0. The molecule has 0 N–H and O–H groups in total. The zero-order valence-corrected chi connectivity index (χ0v) is 12.1. The van der Waals surface area contributed by atoms with Gasteiger partial charge in [-0.2, -0.15) is 0 Å². The molecule has 0 bridgehead atoms. The average Bonchev–Trinajstić information content (AvgIpc) is 0. The fourth-order valence-corrected chi connectivity index (χ4v) is 0. The minimum Gasteiger partial charge on any atom is -2.00 e. The van der Waals surface area contributed by atoms with Gasteiger partial charge in [0.25, 0.3) is 0 Å². The Morgan fingerprint density at radius 3 is 0.667 bits per heavy atom. The predicted octanol–water partition coefficient (Wildman–Crippen LogP) is -0.0122. The van der Waals surface area contributed by atoms with E-state index in [-0.39, 0.29) is 109 Å². The van der Waals surface area contributed by atoms with Crippen molar-refractivity contribution in [3.63, 3.8) is 0 Å². The molecule has 0 heterocycles. The van der Waals surface area contributed by atoms with Gasteiger partial charge in [0.15, 0.2) is 0 Å². The fraction of sp³-hybridized carbons (Fsp3) is 0. The molecule has 0 atom stereocenters. The smallest absolute Gasteiger partial charge is 0 e. The molecule has 6 heavy (non-hydrogen) atoms. The molecule has 0 nitrogen and oxygen atoms in total. The molecule has 0 aromatic rings. The molecule has 0 aromatic carbocycles. The van der Waals surface area contributed by atoms with Crippen LogP contribution < -0.4 is 0 Å². The van der Waals surface area contributed by atoms with Gasteiger partial charge in [0.2, 0.25) is 0 Å². The van der Waals surface area contributed by atoms with Crippen molar-refractivity contribution in [2.75, 3.05) is 0 Å². The normalized spacial score (nSPS) is 0. The summed E-state index contributed by atoms with van der Waals surface area (Å²) in [4.78, 5) is 0. The molecule has 44 valence electrons. The third-order valence-electron chi connectivity index (χ3n) is 0. The Bertz CT molecular complexity index is 10.8. The van der Waals surface area contributed by atoms with Crippen molar-refractivity contribution in [2.45, 2.75) is 0 Å². The summed E-state index contributed by atoms with van der Waals surface area (Å²) in [7, 11) is 0. The van der Waals surface area contributed by atoms with Crippen LogP contribution in [0.5, 0.6) is 0 Å². The van der Waals surface area contributed by atoms with E-state index in [1.807, 2.05) is 0 Å². The van der Waals surface area contributed by atoms with Crippen LogP contribution in [0.2, 0.25) is 0 Å². The van der Waals surface area contributed by atoms with E-state index >= 15 is 0 Å². The van der Waals surface area contributed by atoms with E-state index < -0.39 is 0 Å². The van der Waals surface area contributed by atoms with Crippen molar-refractivity contribution in [1.29, 1.82) is 0 Å². The van der Waals surface area contributed by atoms with Crippen LogP contribution in [-0.4, -0.2) is 0 Å². The molecule has 0 aliphatic rings. The van der Waals surface area contributed by atoms with Gasteiger partial charge in [-0.1, -0.05) is 0 Å². The van der Waals surface area contributed by atoms with Gasteiger partial charge in [0.1, 0.15) is 0 Å². The maximum absolute atomic E-state index is 0. The van der Waals surface area contributed by atoms with E-state index in [9.17, 15) is 0 Å². The van der Waals surface area contributed by atoms with E-state index in [1.54, 1.807) is 0 Å². The van der Waals surface area contributed by atoms with Gasteiger partial charge < -0.3 is 40.5 Å². The molecule has 0 aliphatic heterocycles. The second-order valence-electron chi connectivity index (χ2n) is 0. The maximum Gasteiger partial charge on any atom is 0 e. The van der Waals surface area contributed by atoms with Crippen molar-refractivity contribution < 1.29 is 68.7 Å². The topological polar surface area (TPSA) is 0 Å². The molecule has 0 aromatic heterocycles. The average molecular weight is 489 g/mol. The van der Waals surface area contributed by atoms with Gasteiger partial charge in [-0.05, 0) is 0 Å². The van der Waals surface area contributed by atoms with Crippen LogP contribution in [0.3, 0.4) is 0 Å². The molecule has 0 saturated heterocycles. The molecule has 0 unspecified atom stereocenters. The van der Waals surface area contributed by atoms with Gasteiger partial charge in [-0.15, -0.1) is 0 Å². The monoisotopic (exact) mass is 490 g/mol. The minimum atomic E-state index is 0. The Hall–Kier alpha value is 3.28. The molecule has 0 radical (unpaired) electrons. The van der Waals surface area contributed by atoms with Crippen LogP contribution in [0.4, 0.5) is 0 Å². The van der Waals surface area contributed by atoms with Crippen LogP contribution >= 0.6 is 0 Å². The second-order valence-corrected chi connectivity index (χ2v) is 0. The number of hydrogen-bond acceptors (Lipinski definition) is 0. The van der Waals surface area contributed by atoms with Crippen LogP contribution in [0.15, 0.2) is 0 Å². The first-order valence-electron chi connectivity index (χ1n) is 0. The van der Waals surface area contributed by atoms with E-state index in [0.717, 1.165) is 0 Å². The quantitative estimate of drug-likeness (QED) is 0.421. The van der Waals surface area contributed by atoms with Crippen molar-refractivity contribution >= 4 is 40.5 Å². The summed E-state index contributed by atoms with van der Waals surface area (Å²) < 4.78 is 0. The fourth-order valence-electron chi connectivity index (χ4n) is 0. The molecule has 6 heteroatoms. The summed E-state index contributed by atoms with van der Waals surface area (Å²) in [6, 6.07) is 0. The van der Waals surface area contributed by atoms with Crippen LogP contribution in [0.25, 0.3) is 0 Å². The van der Waals surface area contributed by atoms with Crippen LogP contribution in [0, 0.1) is 31.1 Å². The Labute approximate surface area is 107 Å². The van der Waals surface area contributed by atoms with Crippen molar-refractivity contribution in [3.05, 3.63) is 0 Å². The van der Waals surface area contributed by atoms with Gasteiger partial charge in [-0.25, -0.2) is 0 Å². The SMILES string of the molecule is [Mo].[Ni].[S-2].[S-2].[S-2].[U]. The summed E-state index contributed by atoms with van der Waals surface area (Å²) in [6.45, 7) is 0. The molecule has 0 rings (SSSR count). The molecule has 0 amide bonds. The second kappa shape index (κ2) is 40.8. The third-order valence-corrected chi connectivity index (χ3v) is 0. The minimum absolute atomic E-state index is 0. The Balaban J connectivity index is 0. The third kappa shape index (κ3) is 26.7. The summed E-state index contributed by atoms with van der Waals surface area (Å²) in [5.41, 5.74) is 0. The Morgan fingerprint density at radius 2 is 0.667 bits per heavy atom. The van der Waals surface area contributed by atoms with Crippen molar-refractivity contribution in [3.8, 4) is 0 Å². The van der Waals surface area contributed by atoms with Crippen molar-refractivity contribution in [1.82, 2.24) is 0 Å². The van der Waals surface area contributed by atoms with E-state index in [2.05, 4.69) is 0 Å². The Kier molecular flexibility index (Phi) is 401. The van der Waals surface area contributed by atoms with Gasteiger partial charge >= 0.3 is 0 Å². The largest absolute Gasteiger partial charge is 2.00 e. The zero-order chi connectivity index (χ0) is 0. The van der Waals surface area contributed by atoms with Gasteiger partial charge in [0.05, 0.1) is 0 Å². The molecular weight excluding hydrogens is 489 g/mol. The van der Waals surface area contributed by atoms with Crippen molar-refractivity contribution in [2.24, 2.45) is 0 Å². The number of rotatable bonds is 0. The van der Waals surface area contributed by atoms with E-state index in [1.165, 1.54) is 0 Å². The predicted molar refractivity (Wildman–Crippen MR) is 22.1 cm³/mol. The van der Waals surface area contributed by atoms with Crippen LogP contribution in [0.1, 0.15) is 0 Å². The molecule has 0 fully saturated rings. The summed E-state index contributed by atoms with van der Waals surface area (Å²) in [5, 5.41) is 0. The first-order valence-corrected chi connectivity index (χ1v) is 0. The molecule has 0 saturated carbocycles. The molecule has 0 aliphatic carbocycles. The van der Waals surface area contributed by atoms with Crippen LogP contribution in [-0.2, 0) is 78.0 Å². The number of hydrogen-bond donors (Lipinski definition) is 0. The zero-order valence-electron chi connectivity index (χ0n) is 2.45. The van der Waals surface area contributed by atoms with E-state index in [0.29, 0.717) is 0 Å². The van der Waals surface area contributed by atoms with Gasteiger partial charge in [0, 0.05) is 68.7 Å². The summed E-state index contributed by atoms with van der Waals surface area (Å²) >= 11 is 0. The van der Waals surface area contributed by atoms with E-state index in [4.69, 9.17) is 0 Å². The first kappa shape index (κ1) is 59.1. The molecular formula is MoNiS3U-6. The summed E-state index contributed by atoms with van der Waals surface area (Å²) in [5.74, 6) is 0. The summed E-state index contributed by atoms with van der Waals surface area (Å²) in [6.07, 6.45) is 0. The standard InChI is InChI=1S/Mo.Ni.3S.U/q;;3*-2;. The van der Waals surface area contributed by atoms with Gasteiger partial charge in [-0.3, -0.25) is 0 Å².